The maximum atomic E-state index is 8.03. The minimum absolute atomic E-state index is 0.466. The van der Waals surface area contributed by atoms with Crippen LogP contribution >= 0.6 is 11.3 Å². The Balaban J connectivity index is 0.000000163. The van der Waals surface area contributed by atoms with E-state index in [1.54, 1.807) is 0 Å². The second-order valence-corrected chi connectivity index (χ2v) is 12.2. The molecule has 0 saturated carbocycles. The molecule has 0 radical (unpaired) electrons. The lowest BCUT2D eigenvalue weighted by atomic mass is 9.96. The summed E-state index contributed by atoms with van der Waals surface area (Å²) in [5.74, 6) is 0. The number of aryl methyl sites for hydroxylation is 1. The molecule has 0 bridgehead atoms. The van der Waals surface area contributed by atoms with Gasteiger partial charge >= 0.3 is 0 Å². The van der Waals surface area contributed by atoms with Crippen LogP contribution in [-0.2, 0) is 7.05 Å². The van der Waals surface area contributed by atoms with E-state index >= 15 is 0 Å². The van der Waals surface area contributed by atoms with Gasteiger partial charge in [0.25, 0.3) is 0 Å². The SMILES string of the molecule is Cn1c2ccccc2c2ccc3c(ccc4ccc5sc6ccccc6c5c43)c21.N=C(c1ccccc1)c1ccccc1N. The van der Waals surface area contributed by atoms with E-state index in [-0.39, 0.29) is 0 Å². The van der Waals surface area contributed by atoms with E-state index in [9.17, 15) is 0 Å². The highest BCUT2D eigenvalue weighted by Gasteiger charge is 2.15. The summed E-state index contributed by atoms with van der Waals surface area (Å²) in [6, 6.07) is 48.3. The minimum Gasteiger partial charge on any atom is -0.398 e. The number of nitrogen functional groups attached to an aromatic ring is 1. The van der Waals surface area contributed by atoms with Gasteiger partial charge in [-0.2, -0.15) is 0 Å². The average Bonchev–Trinajstić information content (AvgIpc) is 3.60. The van der Waals surface area contributed by atoms with Crippen molar-refractivity contribution in [3.8, 4) is 0 Å². The van der Waals surface area contributed by atoms with Gasteiger partial charge in [0.2, 0.25) is 0 Å². The Morgan fingerprint density at radius 2 is 1.20 bits per heavy atom. The topological polar surface area (TPSA) is 54.8 Å². The molecule has 0 atom stereocenters. The molecule has 0 aliphatic heterocycles. The molecule has 0 spiro atoms. The Kier molecular flexibility index (Phi) is 6.17. The molecular formula is C40H29N3S. The highest BCUT2D eigenvalue weighted by atomic mass is 32.1. The Hall–Kier alpha value is -5.45. The Labute approximate surface area is 258 Å². The quantitative estimate of drug-likeness (QED) is 0.119. The van der Waals surface area contributed by atoms with E-state index < -0.39 is 0 Å². The van der Waals surface area contributed by atoms with E-state index in [0.29, 0.717) is 11.4 Å². The summed E-state index contributed by atoms with van der Waals surface area (Å²) in [5, 5.41) is 18.8. The van der Waals surface area contributed by atoms with Gasteiger partial charge in [-0.05, 0) is 40.4 Å². The number of anilines is 1. The van der Waals surface area contributed by atoms with Crippen LogP contribution < -0.4 is 5.73 Å². The average molecular weight is 584 g/mol. The molecule has 3 nitrogen and oxygen atoms in total. The lowest BCUT2D eigenvalue weighted by Crippen LogP contribution is -2.04. The van der Waals surface area contributed by atoms with Gasteiger partial charge in [0.15, 0.2) is 0 Å². The van der Waals surface area contributed by atoms with Crippen LogP contribution in [0.3, 0.4) is 0 Å². The van der Waals surface area contributed by atoms with Crippen molar-refractivity contribution in [3.63, 3.8) is 0 Å². The molecule has 0 aliphatic carbocycles. The van der Waals surface area contributed by atoms with Crippen molar-refractivity contribution in [3.05, 3.63) is 151 Å². The lowest BCUT2D eigenvalue weighted by molar-refractivity contribution is 1.02. The van der Waals surface area contributed by atoms with Gasteiger partial charge in [0, 0.05) is 65.7 Å². The summed E-state index contributed by atoms with van der Waals surface area (Å²) in [6.45, 7) is 0. The fourth-order valence-corrected chi connectivity index (χ4v) is 7.72. The van der Waals surface area contributed by atoms with Crippen LogP contribution in [0.25, 0.3) is 63.5 Å². The number of hydrogen-bond donors (Lipinski definition) is 2. The van der Waals surface area contributed by atoms with Gasteiger partial charge in [-0.15, -0.1) is 11.3 Å². The second kappa shape index (κ2) is 10.4. The molecule has 44 heavy (non-hydrogen) atoms. The standard InChI is InChI=1S/C27H17NS.C13H12N2/c1-28-22-8-4-2-6-17(22)19-14-13-18-20(27(19)28)12-10-16-11-15-24-26(25(16)18)21-7-3-5-9-23(21)29-24;14-12-9-5-4-8-11(12)13(15)10-6-2-1-3-7-10/h2-15H,1H3;1-9,15H,14H2. The normalized spacial score (nSPS) is 11.5. The van der Waals surface area contributed by atoms with Crippen LogP contribution in [-0.4, -0.2) is 10.3 Å². The van der Waals surface area contributed by atoms with E-state index in [4.69, 9.17) is 11.1 Å². The largest absolute Gasteiger partial charge is 0.398 e. The number of nitrogens with zero attached hydrogens (tertiary/aromatic N) is 1. The zero-order valence-corrected chi connectivity index (χ0v) is 25.0. The van der Waals surface area contributed by atoms with Crippen LogP contribution in [0.4, 0.5) is 5.69 Å². The number of nitrogens with two attached hydrogens (primary N) is 1. The molecule has 4 heteroatoms. The number of hydrogen-bond acceptors (Lipinski definition) is 3. The Bertz CT molecular complexity index is 2540. The number of aromatic nitrogens is 1. The van der Waals surface area contributed by atoms with E-state index in [1.807, 2.05) is 65.9 Å². The summed E-state index contributed by atoms with van der Waals surface area (Å²) in [5.41, 5.74) is 11.2. The molecule has 7 aromatic carbocycles. The van der Waals surface area contributed by atoms with E-state index in [1.165, 1.54) is 63.5 Å². The maximum Gasteiger partial charge on any atom is 0.0705 e. The summed E-state index contributed by atoms with van der Waals surface area (Å²) in [4.78, 5) is 0. The van der Waals surface area contributed by atoms with Crippen LogP contribution in [0.1, 0.15) is 11.1 Å². The number of rotatable bonds is 2. The van der Waals surface area contributed by atoms with E-state index in [2.05, 4.69) is 96.5 Å². The first kappa shape index (κ1) is 26.2. The molecule has 0 unspecified atom stereocenters. The molecular weight excluding hydrogens is 555 g/mol. The number of fused-ring (bicyclic) bond motifs is 11. The Morgan fingerprint density at radius 3 is 2.05 bits per heavy atom. The third-order valence-electron chi connectivity index (χ3n) is 8.68. The molecule has 0 fully saturated rings. The monoisotopic (exact) mass is 583 g/mol. The molecule has 2 heterocycles. The molecule has 210 valence electrons. The third-order valence-corrected chi connectivity index (χ3v) is 9.81. The first-order valence-corrected chi connectivity index (χ1v) is 15.5. The van der Waals surface area contributed by atoms with Crippen molar-refractivity contribution in [2.24, 2.45) is 7.05 Å². The highest BCUT2D eigenvalue weighted by molar-refractivity contribution is 7.26. The number of para-hydroxylation sites is 2. The molecule has 2 aromatic heterocycles. The second-order valence-electron chi connectivity index (χ2n) is 11.2. The van der Waals surface area contributed by atoms with Gasteiger partial charge in [-0.25, -0.2) is 0 Å². The lowest BCUT2D eigenvalue weighted by Gasteiger charge is -2.09. The molecule has 9 rings (SSSR count). The molecule has 0 aliphatic rings. The fraction of sp³-hybridized carbons (Fsp3) is 0.0250. The zero-order chi connectivity index (χ0) is 29.8. The van der Waals surface area contributed by atoms with Crippen molar-refractivity contribution in [1.29, 1.82) is 5.41 Å². The summed E-state index contributed by atoms with van der Waals surface area (Å²) in [6.07, 6.45) is 0. The van der Waals surface area contributed by atoms with Crippen LogP contribution in [0.5, 0.6) is 0 Å². The molecule has 9 aromatic rings. The van der Waals surface area contributed by atoms with Crippen molar-refractivity contribution in [2.45, 2.75) is 0 Å². The van der Waals surface area contributed by atoms with Crippen molar-refractivity contribution >= 4 is 86.3 Å². The molecule has 0 saturated heterocycles. The van der Waals surface area contributed by atoms with Crippen molar-refractivity contribution in [2.75, 3.05) is 5.73 Å². The number of nitrogens with one attached hydrogen (secondary N) is 1. The smallest absolute Gasteiger partial charge is 0.0705 e. The first-order valence-electron chi connectivity index (χ1n) is 14.7. The maximum absolute atomic E-state index is 8.03. The van der Waals surface area contributed by atoms with E-state index in [0.717, 1.165) is 11.1 Å². The minimum atomic E-state index is 0.466. The summed E-state index contributed by atoms with van der Waals surface area (Å²) >= 11 is 1.89. The highest BCUT2D eigenvalue weighted by Crippen LogP contribution is 2.43. The van der Waals surface area contributed by atoms with Crippen LogP contribution in [0.15, 0.2) is 140 Å². The van der Waals surface area contributed by atoms with Gasteiger partial charge in [0.1, 0.15) is 0 Å². The third kappa shape index (κ3) is 4.07. The van der Waals surface area contributed by atoms with Crippen LogP contribution in [0.2, 0.25) is 0 Å². The predicted molar refractivity (Wildman–Crippen MR) is 192 cm³/mol. The zero-order valence-electron chi connectivity index (χ0n) is 24.2. The van der Waals surface area contributed by atoms with Gasteiger partial charge in [-0.1, -0.05) is 115 Å². The Morgan fingerprint density at radius 1 is 0.568 bits per heavy atom. The predicted octanol–water partition coefficient (Wildman–Crippen LogP) is 10.7. The van der Waals surface area contributed by atoms with Gasteiger partial charge in [-0.3, -0.25) is 5.41 Å². The number of thiophene rings is 1. The summed E-state index contributed by atoms with van der Waals surface area (Å²) < 4.78 is 5.08. The van der Waals surface area contributed by atoms with Gasteiger partial charge in [0.05, 0.1) is 11.2 Å². The number of benzene rings is 7. The van der Waals surface area contributed by atoms with Gasteiger partial charge < -0.3 is 10.3 Å². The molecule has 0 amide bonds. The fourth-order valence-electron chi connectivity index (χ4n) is 6.61. The van der Waals surface area contributed by atoms with Crippen molar-refractivity contribution in [1.82, 2.24) is 4.57 Å². The molecule has 3 N–H and O–H groups in total. The first-order chi connectivity index (χ1) is 21.6. The van der Waals surface area contributed by atoms with Crippen LogP contribution in [0, 0.1) is 5.41 Å². The van der Waals surface area contributed by atoms with Crippen molar-refractivity contribution < 1.29 is 0 Å². The summed E-state index contributed by atoms with van der Waals surface area (Å²) in [7, 11) is 2.19.